The van der Waals surface area contributed by atoms with E-state index in [9.17, 15) is 10.1 Å². The fourth-order valence-corrected chi connectivity index (χ4v) is 1.42. The Labute approximate surface area is 99.4 Å². The molecule has 0 fully saturated rings. The molecule has 0 saturated carbocycles. The van der Waals surface area contributed by atoms with Crippen molar-refractivity contribution in [1.29, 1.82) is 0 Å². The van der Waals surface area contributed by atoms with E-state index in [4.69, 9.17) is 0 Å². The van der Waals surface area contributed by atoms with Gasteiger partial charge in [0, 0.05) is 30.1 Å². The third-order valence-corrected chi connectivity index (χ3v) is 2.35. The Morgan fingerprint density at radius 2 is 1.94 bits per heavy atom. The summed E-state index contributed by atoms with van der Waals surface area (Å²) in [5.74, 6) is 0.465. The van der Waals surface area contributed by atoms with Gasteiger partial charge in [0.1, 0.15) is 0 Å². The minimum absolute atomic E-state index is 0.0315. The van der Waals surface area contributed by atoms with Gasteiger partial charge in [-0.2, -0.15) is 0 Å². The Morgan fingerprint density at radius 3 is 2.56 bits per heavy atom. The molecule has 0 spiro atoms. The van der Waals surface area contributed by atoms with Crippen LogP contribution >= 0.6 is 15.9 Å². The molecular weight excluding hydrogens is 274 g/mol. The second-order valence-corrected chi connectivity index (χ2v) is 3.95. The lowest BCUT2D eigenvalue weighted by Crippen LogP contribution is -1.91. The smallest absolute Gasteiger partial charge is 0.258 e. The first-order valence-corrected chi connectivity index (χ1v) is 5.18. The molecule has 0 aliphatic heterocycles. The number of non-ortho nitro benzene ring substituents is 1. The van der Waals surface area contributed by atoms with Crippen LogP contribution in [0.1, 0.15) is 0 Å². The summed E-state index contributed by atoms with van der Waals surface area (Å²) in [7, 11) is 0. The molecule has 0 aliphatic carbocycles. The van der Waals surface area contributed by atoms with Crippen LogP contribution in [-0.4, -0.2) is 14.9 Å². The molecule has 1 aromatic heterocycles. The largest absolute Gasteiger partial charge is 0.270 e. The summed E-state index contributed by atoms with van der Waals surface area (Å²) in [5.41, 5.74) is 0.658. The highest BCUT2D eigenvalue weighted by Crippen LogP contribution is 2.21. The number of aromatic nitrogens is 2. The van der Waals surface area contributed by atoms with Gasteiger partial charge >= 0.3 is 0 Å². The number of nitro groups is 1. The Hall–Kier alpha value is -1.82. The van der Waals surface area contributed by atoms with Gasteiger partial charge in [-0.25, -0.2) is 9.97 Å². The van der Waals surface area contributed by atoms with Crippen LogP contribution in [0.15, 0.2) is 41.1 Å². The lowest BCUT2D eigenvalue weighted by molar-refractivity contribution is -0.384. The fourth-order valence-electron chi connectivity index (χ4n) is 1.22. The minimum Gasteiger partial charge on any atom is -0.258 e. The fraction of sp³-hybridized carbons (Fsp3) is 0. The van der Waals surface area contributed by atoms with Crippen molar-refractivity contribution in [3.8, 4) is 11.4 Å². The quantitative estimate of drug-likeness (QED) is 0.626. The van der Waals surface area contributed by atoms with Crippen molar-refractivity contribution in [2.75, 3.05) is 0 Å². The second kappa shape index (κ2) is 4.36. The van der Waals surface area contributed by atoms with Gasteiger partial charge in [0.15, 0.2) is 5.82 Å². The third kappa shape index (κ3) is 2.22. The first-order valence-electron chi connectivity index (χ1n) is 4.39. The maximum Gasteiger partial charge on any atom is 0.270 e. The van der Waals surface area contributed by atoms with Crippen molar-refractivity contribution in [2.45, 2.75) is 0 Å². The van der Waals surface area contributed by atoms with E-state index in [0.29, 0.717) is 11.4 Å². The zero-order valence-electron chi connectivity index (χ0n) is 8.00. The summed E-state index contributed by atoms with van der Waals surface area (Å²) in [6.07, 6.45) is 3.20. The molecule has 2 aromatic rings. The molecule has 0 unspecified atom stereocenters. The van der Waals surface area contributed by atoms with Gasteiger partial charge in [-0.05, 0) is 15.9 Å². The van der Waals surface area contributed by atoms with Crippen molar-refractivity contribution in [1.82, 2.24) is 9.97 Å². The first-order chi connectivity index (χ1) is 7.66. The number of nitro benzene ring substituents is 1. The minimum atomic E-state index is -0.442. The van der Waals surface area contributed by atoms with Gasteiger partial charge in [0.05, 0.1) is 9.40 Å². The van der Waals surface area contributed by atoms with Crippen LogP contribution in [-0.2, 0) is 0 Å². The summed E-state index contributed by atoms with van der Waals surface area (Å²) < 4.78 is 0.765. The van der Waals surface area contributed by atoms with Crippen molar-refractivity contribution < 1.29 is 4.92 Å². The topological polar surface area (TPSA) is 68.9 Å². The highest BCUT2D eigenvalue weighted by Gasteiger charge is 2.08. The van der Waals surface area contributed by atoms with E-state index in [2.05, 4.69) is 25.9 Å². The van der Waals surface area contributed by atoms with Crippen LogP contribution in [0.5, 0.6) is 0 Å². The van der Waals surface area contributed by atoms with E-state index in [1.807, 2.05) is 0 Å². The summed E-state index contributed by atoms with van der Waals surface area (Å²) >= 11 is 3.22. The molecule has 0 amide bonds. The summed E-state index contributed by atoms with van der Waals surface area (Å²) in [5, 5.41) is 10.6. The molecule has 0 bridgehead atoms. The molecule has 1 aromatic carbocycles. The van der Waals surface area contributed by atoms with E-state index in [1.165, 1.54) is 12.1 Å². The van der Waals surface area contributed by atoms with Crippen LogP contribution < -0.4 is 0 Å². The van der Waals surface area contributed by atoms with Crippen LogP contribution in [0.2, 0.25) is 0 Å². The lowest BCUT2D eigenvalue weighted by atomic mass is 10.2. The number of halogens is 1. The number of rotatable bonds is 2. The molecule has 0 N–H and O–H groups in total. The van der Waals surface area contributed by atoms with Crippen LogP contribution in [0.4, 0.5) is 5.69 Å². The van der Waals surface area contributed by atoms with Gasteiger partial charge < -0.3 is 0 Å². The maximum absolute atomic E-state index is 10.6. The SMILES string of the molecule is O=[N+]([O-])c1cccc(-c2ncc(Br)cn2)c1. The molecule has 0 atom stereocenters. The predicted molar refractivity (Wildman–Crippen MR) is 61.8 cm³/mol. The molecule has 2 rings (SSSR count). The molecule has 6 heteroatoms. The number of nitrogens with zero attached hydrogens (tertiary/aromatic N) is 3. The summed E-state index contributed by atoms with van der Waals surface area (Å²) in [6, 6.07) is 6.22. The zero-order chi connectivity index (χ0) is 11.5. The molecule has 0 aliphatic rings. The lowest BCUT2D eigenvalue weighted by Gasteiger charge is -1.99. The summed E-state index contributed by atoms with van der Waals surface area (Å²) in [6.45, 7) is 0. The Balaban J connectivity index is 2.44. The van der Waals surface area contributed by atoms with Crippen molar-refractivity contribution in [2.24, 2.45) is 0 Å². The van der Waals surface area contributed by atoms with Gasteiger partial charge in [-0.1, -0.05) is 12.1 Å². The summed E-state index contributed by atoms with van der Waals surface area (Å²) in [4.78, 5) is 18.3. The normalized spacial score (nSPS) is 10.1. The molecule has 16 heavy (non-hydrogen) atoms. The standard InChI is InChI=1S/C10H6BrN3O2/c11-8-5-12-10(13-6-8)7-2-1-3-9(4-7)14(15)16/h1-6H. The number of hydrogen-bond acceptors (Lipinski definition) is 4. The second-order valence-electron chi connectivity index (χ2n) is 3.03. The number of benzene rings is 1. The molecule has 0 radical (unpaired) electrons. The monoisotopic (exact) mass is 279 g/mol. The third-order valence-electron chi connectivity index (χ3n) is 1.94. The molecule has 80 valence electrons. The van der Waals surface area contributed by atoms with Crippen LogP contribution in [0.25, 0.3) is 11.4 Å². The van der Waals surface area contributed by atoms with Gasteiger partial charge in [-0.15, -0.1) is 0 Å². The number of hydrogen-bond donors (Lipinski definition) is 0. The molecule has 5 nitrogen and oxygen atoms in total. The van der Waals surface area contributed by atoms with E-state index >= 15 is 0 Å². The van der Waals surface area contributed by atoms with E-state index < -0.39 is 4.92 Å². The van der Waals surface area contributed by atoms with Gasteiger partial charge in [-0.3, -0.25) is 10.1 Å². The van der Waals surface area contributed by atoms with Crippen molar-refractivity contribution >= 4 is 21.6 Å². The highest BCUT2D eigenvalue weighted by atomic mass is 79.9. The van der Waals surface area contributed by atoms with Crippen molar-refractivity contribution in [3.63, 3.8) is 0 Å². The van der Waals surface area contributed by atoms with E-state index in [1.54, 1.807) is 24.5 Å². The predicted octanol–water partition coefficient (Wildman–Crippen LogP) is 2.81. The van der Waals surface area contributed by atoms with Crippen molar-refractivity contribution in [3.05, 3.63) is 51.2 Å². The maximum atomic E-state index is 10.6. The molecular formula is C10H6BrN3O2. The van der Waals surface area contributed by atoms with E-state index in [-0.39, 0.29) is 5.69 Å². The van der Waals surface area contributed by atoms with E-state index in [0.717, 1.165) is 4.47 Å². The average molecular weight is 280 g/mol. The average Bonchev–Trinajstić information content (AvgIpc) is 2.30. The highest BCUT2D eigenvalue weighted by molar-refractivity contribution is 9.10. The molecule has 0 saturated heterocycles. The Morgan fingerprint density at radius 1 is 1.25 bits per heavy atom. The zero-order valence-corrected chi connectivity index (χ0v) is 9.59. The Bertz CT molecular complexity index is 528. The van der Waals surface area contributed by atoms with Crippen LogP contribution in [0, 0.1) is 10.1 Å². The Kier molecular flexibility index (Phi) is 2.91. The van der Waals surface area contributed by atoms with Gasteiger partial charge in [0.25, 0.3) is 5.69 Å². The van der Waals surface area contributed by atoms with Crippen LogP contribution in [0.3, 0.4) is 0 Å². The van der Waals surface area contributed by atoms with Gasteiger partial charge in [0.2, 0.25) is 0 Å². The first kappa shape index (κ1) is 10.7. The molecule has 1 heterocycles.